The van der Waals surface area contributed by atoms with Crippen molar-refractivity contribution in [2.75, 3.05) is 7.11 Å². The van der Waals surface area contributed by atoms with Crippen LogP contribution in [0.3, 0.4) is 0 Å². The summed E-state index contributed by atoms with van der Waals surface area (Å²) in [6.07, 6.45) is 0.165. The summed E-state index contributed by atoms with van der Waals surface area (Å²) in [5.41, 5.74) is 0.710. The molecule has 0 aromatic heterocycles. The van der Waals surface area contributed by atoms with Crippen LogP contribution in [0.2, 0.25) is 5.02 Å². The van der Waals surface area contributed by atoms with E-state index in [0.717, 1.165) is 0 Å². The van der Waals surface area contributed by atoms with Gasteiger partial charge in [0.1, 0.15) is 11.8 Å². The standard InChI is InChI=1S/C12H14ClNO4/c1-7(15)14-10(12(16)17)6-8-3-4-11(18-2)9(13)5-8/h3-5,10H,6H2,1-2H3,(H,14,15)(H,16,17)/t10-/m1/s1. The first-order chi connectivity index (χ1) is 8.43. The maximum Gasteiger partial charge on any atom is 0.326 e. The second-order valence-corrected chi connectivity index (χ2v) is 4.17. The van der Waals surface area contributed by atoms with Gasteiger partial charge in [0.2, 0.25) is 5.91 Å². The lowest BCUT2D eigenvalue weighted by molar-refractivity contribution is -0.141. The molecule has 5 nitrogen and oxygen atoms in total. The molecular formula is C12H14ClNO4. The molecule has 0 aliphatic carbocycles. The minimum Gasteiger partial charge on any atom is -0.495 e. The molecule has 0 saturated heterocycles. The van der Waals surface area contributed by atoms with Gasteiger partial charge in [0, 0.05) is 13.3 Å². The number of halogens is 1. The van der Waals surface area contributed by atoms with Crippen molar-refractivity contribution in [2.45, 2.75) is 19.4 Å². The Morgan fingerprint density at radius 1 is 1.50 bits per heavy atom. The number of carboxylic acids is 1. The monoisotopic (exact) mass is 271 g/mol. The zero-order valence-corrected chi connectivity index (χ0v) is 10.8. The highest BCUT2D eigenvalue weighted by Gasteiger charge is 2.19. The zero-order valence-electron chi connectivity index (χ0n) is 10.1. The number of methoxy groups -OCH3 is 1. The van der Waals surface area contributed by atoms with Crippen LogP contribution in [-0.2, 0) is 16.0 Å². The van der Waals surface area contributed by atoms with E-state index in [-0.39, 0.29) is 12.3 Å². The number of nitrogens with one attached hydrogen (secondary N) is 1. The quantitative estimate of drug-likeness (QED) is 0.851. The van der Waals surface area contributed by atoms with Gasteiger partial charge in [0.15, 0.2) is 0 Å². The highest BCUT2D eigenvalue weighted by molar-refractivity contribution is 6.32. The van der Waals surface area contributed by atoms with Gasteiger partial charge in [0.05, 0.1) is 12.1 Å². The van der Waals surface area contributed by atoms with Gasteiger partial charge in [-0.25, -0.2) is 4.79 Å². The van der Waals surface area contributed by atoms with Crippen LogP contribution >= 0.6 is 11.6 Å². The van der Waals surface area contributed by atoms with Crippen molar-refractivity contribution < 1.29 is 19.4 Å². The van der Waals surface area contributed by atoms with E-state index < -0.39 is 12.0 Å². The summed E-state index contributed by atoms with van der Waals surface area (Å²) in [5, 5.41) is 11.7. The Hall–Kier alpha value is -1.75. The van der Waals surface area contributed by atoms with E-state index in [1.165, 1.54) is 14.0 Å². The third kappa shape index (κ3) is 3.92. The van der Waals surface area contributed by atoms with Crippen molar-refractivity contribution in [3.8, 4) is 5.75 Å². The Labute approximate surface area is 110 Å². The van der Waals surface area contributed by atoms with Crippen LogP contribution in [0.1, 0.15) is 12.5 Å². The number of aliphatic carboxylic acids is 1. The third-order valence-corrected chi connectivity index (χ3v) is 2.63. The molecule has 1 aromatic carbocycles. The minimum atomic E-state index is -1.09. The van der Waals surface area contributed by atoms with E-state index in [4.69, 9.17) is 21.4 Å². The van der Waals surface area contributed by atoms with Crippen molar-refractivity contribution in [3.63, 3.8) is 0 Å². The Bertz CT molecular complexity index is 461. The summed E-state index contributed by atoms with van der Waals surface area (Å²) in [4.78, 5) is 21.9. The summed E-state index contributed by atoms with van der Waals surface area (Å²) < 4.78 is 5.00. The van der Waals surface area contributed by atoms with E-state index >= 15 is 0 Å². The molecule has 0 heterocycles. The maximum atomic E-state index is 11.0. The fraction of sp³-hybridized carbons (Fsp3) is 0.333. The Balaban J connectivity index is 2.84. The number of rotatable bonds is 5. The van der Waals surface area contributed by atoms with Gasteiger partial charge >= 0.3 is 5.97 Å². The third-order valence-electron chi connectivity index (χ3n) is 2.33. The first-order valence-corrected chi connectivity index (χ1v) is 5.64. The van der Waals surface area contributed by atoms with Gasteiger partial charge in [-0.3, -0.25) is 4.79 Å². The topological polar surface area (TPSA) is 75.6 Å². The van der Waals surface area contributed by atoms with Crippen LogP contribution in [0.25, 0.3) is 0 Å². The van der Waals surface area contributed by atoms with Crippen LogP contribution < -0.4 is 10.1 Å². The van der Waals surface area contributed by atoms with E-state index in [9.17, 15) is 9.59 Å². The van der Waals surface area contributed by atoms with E-state index in [0.29, 0.717) is 16.3 Å². The Morgan fingerprint density at radius 3 is 2.61 bits per heavy atom. The van der Waals surface area contributed by atoms with Crippen LogP contribution in [0.5, 0.6) is 5.75 Å². The molecule has 0 saturated carbocycles. The number of carbonyl (C=O) groups excluding carboxylic acids is 1. The molecule has 0 fully saturated rings. The SMILES string of the molecule is COc1ccc(C[C@@H](NC(C)=O)C(=O)O)cc1Cl. The number of carbonyl (C=O) groups is 2. The normalized spacial score (nSPS) is 11.7. The highest BCUT2D eigenvalue weighted by atomic mass is 35.5. The maximum absolute atomic E-state index is 11.0. The van der Waals surface area contributed by atoms with Crippen LogP contribution in [-0.4, -0.2) is 30.1 Å². The molecule has 2 N–H and O–H groups in total. The van der Waals surface area contributed by atoms with Crippen molar-refractivity contribution in [2.24, 2.45) is 0 Å². The molecular weight excluding hydrogens is 258 g/mol. The van der Waals surface area contributed by atoms with Gasteiger partial charge in [-0.05, 0) is 17.7 Å². The summed E-state index contributed by atoms with van der Waals surface area (Å²) in [7, 11) is 1.50. The second-order valence-electron chi connectivity index (χ2n) is 3.76. The summed E-state index contributed by atoms with van der Waals surface area (Å²) in [6, 6.07) is 4.03. The molecule has 1 rings (SSSR count). The first kappa shape index (κ1) is 14.3. The van der Waals surface area contributed by atoms with E-state index in [1.54, 1.807) is 18.2 Å². The lowest BCUT2D eigenvalue weighted by Gasteiger charge is -2.14. The lowest BCUT2D eigenvalue weighted by atomic mass is 10.1. The lowest BCUT2D eigenvalue weighted by Crippen LogP contribution is -2.41. The zero-order chi connectivity index (χ0) is 13.7. The van der Waals surface area contributed by atoms with Crippen LogP contribution in [0.15, 0.2) is 18.2 Å². The van der Waals surface area contributed by atoms with Crippen LogP contribution in [0.4, 0.5) is 0 Å². The predicted molar refractivity (Wildman–Crippen MR) is 66.9 cm³/mol. The van der Waals surface area contributed by atoms with Crippen molar-refractivity contribution in [3.05, 3.63) is 28.8 Å². The molecule has 0 bridgehead atoms. The number of carboxylic acid groups (broad SMARTS) is 1. The summed E-state index contributed by atoms with van der Waals surface area (Å²) in [5.74, 6) is -0.953. The highest BCUT2D eigenvalue weighted by Crippen LogP contribution is 2.25. The number of amides is 1. The van der Waals surface area contributed by atoms with Gasteiger partial charge < -0.3 is 15.2 Å². The van der Waals surface area contributed by atoms with Crippen LogP contribution in [0, 0.1) is 0 Å². The smallest absolute Gasteiger partial charge is 0.326 e. The molecule has 18 heavy (non-hydrogen) atoms. The minimum absolute atomic E-state index is 0.165. The first-order valence-electron chi connectivity index (χ1n) is 5.26. The molecule has 0 aliphatic rings. The molecule has 0 aliphatic heterocycles. The van der Waals surface area contributed by atoms with Crippen molar-refractivity contribution in [1.29, 1.82) is 0 Å². The fourth-order valence-electron chi connectivity index (χ4n) is 1.52. The van der Waals surface area contributed by atoms with Gasteiger partial charge in [-0.2, -0.15) is 0 Å². The number of hydrogen-bond donors (Lipinski definition) is 2. The Kier molecular flexibility index (Phi) is 4.97. The average molecular weight is 272 g/mol. The Morgan fingerprint density at radius 2 is 2.17 bits per heavy atom. The molecule has 0 radical (unpaired) electrons. The van der Waals surface area contributed by atoms with Gasteiger partial charge in [0.25, 0.3) is 0 Å². The number of benzene rings is 1. The largest absolute Gasteiger partial charge is 0.495 e. The molecule has 1 atom stereocenters. The summed E-state index contributed by atoms with van der Waals surface area (Å²) >= 11 is 5.94. The van der Waals surface area contributed by atoms with E-state index in [1.807, 2.05) is 0 Å². The predicted octanol–water partition coefficient (Wildman–Crippen LogP) is 1.48. The molecule has 0 unspecified atom stereocenters. The van der Waals surface area contributed by atoms with Crippen molar-refractivity contribution >= 4 is 23.5 Å². The van der Waals surface area contributed by atoms with Gasteiger partial charge in [-0.15, -0.1) is 0 Å². The summed E-state index contributed by atoms with van der Waals surface area (Å²) in [6.45, 7) is 1.27. The molecule has 1 amide bonds. The second kappa shape index (κ2) is 6.26. The number of hydrogen-bond acceptors (Lipinski definition) is 3. The fourth-order valence-corrected chi connectivity index (χ4v) is 1.80. The number of ether oxygens (including phenoxy) is 1. The molecule has 98 valence electrons. The van der Waals surface area contributed by atoms with E-state index in [2.05, 4.69) is 5.32 Å². The molecule has 0 spiro atoms. The van der Waals surface area contributed by atoms with Crippen molar-refractivity contribution in [1.82, 2.24) is 5.32 Å². The molecule has 1 aromatic rings. The molecule has 6 heteroatoms. The van der Waals surface area contributed by atoms with Gasteiger partial charge in [-0.1, -0.05) is 17.7 Å². The average Bonchev–Trinajstić information content (AvgIpc) is 2.27.